The molecule has 21 heavy (non-hydrogen) atoms. The van der Waals surface area contributed by atoms with Crippen LogP contribution in [-0.4, -0.2) is 48.3 Å². The third-order valence-electron chi connectivity index (χ3n) is 4.48. The number of urea groups is 1. The number of likely N-dealkylation sites (tertiary alicyclic amines) is 1. The zero-order valence-electron chi connectivity index (χ0n) is 12.4. The lowest BCUT2D eigenvalue weighted by Gasteiger charge is -2.46. The van der Waals surface area contributed by atoms with Crippen LogP contribution in [0.5, 0.6) is 0 Å². The Kier molecular flexibility index (Phi) is 3.87. The number of hydrogen-bond acceptors (Lipinski definition) is 3. The number of nitrogens with zero attached hydrogens (tertiary/aromatic N) is 1. The molecule has 3 rings (SSSR count). The first-order valence-electron chi connectivity index (χ1n) is 7.53. The number of aliphatic hydroxyl groups excluding tert-OH is 1. The van der Waals surface area contributed by atoms with Crippen molar-refractivity contribution in [3.63, 3.8) is 0 Å². The summed E-state index contributed by atoms with van der Waals surface area (Å²) in [6.07, 6.45) is 0.949. The van der Waals surface area contributed by atoms with Crippen LogP contribution in [0.4, 0.5) is 4.79 Å². The van der Waals surface area contributed by atoms with Gasteiger partial charge in [0.1, 0.15) is 0 Å². The number of aliphatic hydroxyl groups is 1. The standard InChI is InChI=1S/C16H23N3O2/c1-16(11-20)9-19(10-16)15(21)18-8-14-6-12-4-2-3-5-13(12)7-17-14/h2-5,14,17,20H,6-11H2,1H3,(H,18,21). The Bertz CT molecular complexity index is 526. The maximum Gasteiger partial charge on any atom is 0.317 e. The van der Waals surface area contributed by atoms with E-state index >= 15 is 0 Å². The Morgan fingerprint density at radius 1 is 1.43 bits per heavy atom. The predicted octanol–water partition coefficient (Wildman–Crippen LogP) is 0.725. The van der Waals surface area contributed by atoms with Gasteiger partial charge in [0, 0.05) is 37.6 Å². The van der Waals surface area contributed by atoms with Crippen LogP contribution in [-0.2, 0) is 13.0 Å². The summed E-state index contributed by atoms with van der Waals surface area (Å²) in [5.41, 5.74) is 2.60. The fraction of sp³-hybridized carbons (Fsp3) is 0.562. The van der Waals surface area contributed by atoms with E-state index in [0.717, 1.165) is 13.0 Å². The smallest absolute Gasteiger partial charge is 0.317 e. The molecule has 1 unspecified atom stereocenters. The lowest BCUT2D eigenvalue weighted by molar-refractivity contribution is -0.000529. The van der Waals surface area contributed by atoms with Gasteiger partial charge in [0.05, 0.1) is 6.61 Å². The van der Waals surface area contributed by atoms with Crippen LogP contribution in [0.15, 0.2) is 24.3 Å². The Hall–Kier alpha value is -1.59. The maximum atomic E-state index is 12.0. The van der Waals surface area contributed by atoms with Gasteiger partial charge >= 0.3 is 6.03 Å². The summed E-state index contributed by atoms with van der Waals surface area (Å²) in [5, 5.41) is 15.7. The third-order valence-corrected chi connectivity index (χ3v) is 4.48. The van der Waals surface area contributed by atoms with Gasteiger partial charge in [-0.15, -0.1) is 0 Å². The number of amides is 2. The molecule has 0 saturated carbocycles. The van der Waals surface area contributed by atoms with Crippen molar-refractivity contribution < 1.29 is 9.90 Å². The second-order valence-electron chi connectivity index (χ2n) is 6.56. The molecule has 0 aromatic heterocycles. The van der Waals surface area contributed by atoms with E-state index < -0.39 is 0 Å². The molecular formula is C16H23N3O2. The third kappa shape index (κ3) is 3.04. The van der Waals surface area contributed by atoms with E-state index in [0.29, 0.717) is 19.6 Å². The molecular weight excluding hydrogens is 266 g/mol. The second-order valence-corrected chi connectivity index (χ2v) is 6.56. The number of rotatable bonds is 3. The van der Waals surface area contributed by atoms with Crippen molar-refractivity contribution in [2.75, 3.05) is 26.2 Å². The normalized spacial score (nSPS) is 23.1. The van der Waals surface area contributed by atoms with Crippen LogP contribution in [0.1, 0.15) is 18.1 Å². The monoisotopic (exact) mass is 289 g/mol. The van der Waals surface area contributed by atoms with Crippen LogP contribution in [0, 0.1) is 5.41 Å². The molecule has 5 nitrogen and oxygen atoms in total. The van der Waals surface area contributed by atoms with Crippen molar-refractivity contribution in [1.82, 2.24) is 15.5 Å². The molecule has 3 N–H and O–H groups in total. The van der Waals surface area contributed by atoms with Gasteiger partial charge in [-0.3, -0.25) is 0 Å². The molecule has 1 fully saturated rings. The first-order chi connectivity index (χ1) is 10.1. The van der Waals surface area contributed by atoms with Crippen LogP contribution in [0.3, 0.4) is 0 Å². The highest BCUT2D eigenvalue weighted by Crippen LogP contribution is 2.28. The van der Waals surface area contributed by atoms with E-state index in [1.165, 1.54) is 11.1 Å². The highest BCUT2D eigenvalue weighted by atomic mass is 16.3. The number of hydrogen-bond donors (Lipinski definition) is 3. The first-order valence-corrected chi connectivity index (χ1v) is 7.53. The van der Waals surface area contributed by atoms with Crippen molar-refractivity contribution in [1.29, 1.82) is 0 Å². The van der Waals surface area contributed by atoms with Gasteiger partial charge in [0.2, 0.25) is 0 Å². The van der Waals surface area contributed by atoms with Gasteiger partial charge in [-0.05, 0) is 17.5 Å². The van der Waals surface area contributed by atoms with Crippen LogP contribution >= 0.6 is 0 Å². The average molecular weight is 289 g/mol. The van der Waals surface area contributed by atoms with E-state index in [2.05, 4.69) is 34.9 Å². The van der Waals surface area contributed by atoms with Crippen molar-refractivity contribution in [2.24, 2.45) is 5.41 Å². The first kappa shape index (κ1) is 14.4. The van der Waals surface area contributed by atoms with Crippen LogP contribution < -0.4 is 10.6 Å². The zero-order valence-corrected chi connectivity index (χ0v) is 12.4. The van der Waals surface area contributed by atoms with Gasteiger partial charge in [-0.1, -0.05) is 31.2 Å². The Labute approximate surface area is 125 Å². The molecule has 5 heteroatoms. The second kappa shape index (κ2) is 5.66. The quantitative estimate of drug-likeness (QED) is 0.768. The van der Waals surface area contributed by atoms with E-state index in [9.17, 15) is 9.90 Å². The largest absolute Gasteiger partial charge is 0.396 e. The summed E-state index contributed by atoms with van der Waals surface area (Å²) in [6, 6.07) is 8.69. The lowest BCUT2D eigenvalue weighted by atomic mass is 9.83. The molecule has 1 atom stereocenters. The summed E-state index contributed by atoms with van der Waals surface area (Å²) in [6.45, 7) is 4.91. The minimum Gasteiger partial charge on any atom is -0.396 e. The molecule has 114 valence electrons. The number of nitrogens with one attached hydrogen (secondary N) is 2. The van der Waals surface area contributed by atoms with Crippen molar-refractivity contribution in [3.05, 3.63) is 35.4 Å². The van der Waals surface area contributed by atoms with E-state index in [1.54, 1.807) is 4.90 Å². The Morgan fingerprint density at radius 2 is 2.14 bits per heavy atom. The average Bonchev–Trinajstić information content (AvgIpc) is 2.49. The predicted molar refractivity (Wildman–Crippen MR) is 80.9 cm³/mol. The van der Waals surface area contributed by atoms with E-state index in [4.69, 9.17) is 0 Å². The fourth-order valence-electron chi connectivity index (χ4n) is 3.11. The molecule has 1 aromatic rings. The summed E-state index contributed by atoms with van der Waals surface area (Å²) >= 11 is 0. The molecule has 0 bridgehead atoms. The van der Waals surface area contributed by atoms with Crippen molar-refractivity contribution in [3.8, 4) is 0 Å². The molecule has 2 aliphatic rings. The lowest BCUT2D eigenvalue weighted by Crippen LogP contribution is -2.61. The molecule has 0 aliphatic carbocycles. The molecule has 1 aromatic carbocycles. The molecule has 0 radical (unpaired) electrons. The summed E-state index contributed by atoms with van der Waals surface area (Å²) in [7, 11) is 0. The molecule has 1 saturated heterocycles. The van der Waals surface area contributed by atoms with Crippen LogP contribution in [0.2, 0.25) is 0 Å². The number of fused-ring (bicyclic) bond motifs is 1. The van der Waals surface area contributed by atoms with Crippen molar-refractivity contribution >= 4 is 6.03 Å². The molecule has 2 amide bonds. The molecule has 0 spiro atoms. The number of carbonyl (C=O) groups excluding carboxylic acids is 1. The Balaban J connectivity index is 1.46. The summed E-state index contributed by atoms with van der Waals surface area (Å²) in [5.74, 6) is 0. The van der Waals surface area contributed by atoms with E-state index in [1.807, 2.05) is 6.92 Å². The van der Waals surface area contributed by atoms with E-state index in [-0.39, 0.29) is 24.1 Å². The van der Waals surface area contributed by atoms with Gasteiger partial charge in [0.25, 0.3) is 0 Å². The SMILES string of the molecule is CC1(CO)CN(C(=O)NCC2Cc3ccccc3CN2)C1. The summed E-state index contributed by atoms with van der Waals surface area (Å²) in [4.78, 5) is 13.8. The molecule has 2 heterocycles. The van der Waals surface area contributed by atoms with Crippen molar-refractivity contribution in [2.45, 2.75) is 25.9 Å². The Morgan fingerprint density at radius 3 is 2.86 bits per heavy atom. The van der Waals surface area contributed by atoms with Crippen LogP contribution in [0.25, 0.3) is 0 Å². The molecule has 2 aliphatic heterocycles. The maximum absolute atomic E-state index is 12.0. The highest BCUT2D eigenvalue weighted by Gasteiger charge is 2.40. The fourth-order valence-corrected chi connectivity index (χ4v) is 3.11. The van der Waals surface area contributed by atoms with Gasteiger partial charge in [0.15, 0.2) is 0 Å². The minimum atomic E-state index is -0.112. The number of benzene rings is 1. The van der Waals surface area contributed by atoms with Gasteiger partial charge in [-0.2, -0.15) is 0 Å². The van der Waals surface area contributed by atoms with Gasteiger partial charge in [-0.25, -0.2) is 4.79 Å². The minimum absolute atomic E-state index is 0.0263. The topological polar surface area (TPSA) is 64.6 Å². The highest BCUT2D eigenvalue weighted by molar-refractivity contribution is 5.75. The number of carbonyl (C=O) groups is 1. The zero-order chi connectivity index (χ0) is 14.9. The summed E-state index contributed by atoms with van der Waals surface area (Å²) < 4.78 is 0. The van der Waals surface area contributed by atoms with Gasteiger partial charge < -0.3 is 20.6 Å².